The van der Waals surface area contributed by atoms with Crippen LogP contribution in [-0.4, -0.2) is 21.0 Å². The summed E-state index contributed by atoms with van der Waals surface area (Å²) < 4.78 is 14.2. The minimum Gasteiger partial charge on any atom is -0.393 e. The number of carbonyl (C=O) groups excluding carboxylic acids is 1. The molecule has 1 heterocycles. The monoisotopic (exact) mass is 405 g/mol. The van der Waals surface area contributed by atoms with Gasteiger partial charge in [-0.2, -0.15) is 0 Å². The molecule has 0 saturated carbocycles. The molecule has 3 N–H and O–H groups in total. The molecule has 0 saturated heterocycles. The number of anilines is 2. The van der Waals surface area contributed by atoms with E-state index in [4.69, 9.17) is 5.73 Å². The summed E-state index contributed by atoms with van der Waals surface area (Å²) in [5, 5.41) is 21.3. The number of nitro groups is 1. The van der Waals surface area contributed by atoms with E-state index in [1.165, 1.54) is 11.8 Å². The molecule has 1 amide bonds. The van der Waals surface area contributed by atoms with Gasteiger partial charge in [-0.1, -0.05) is 53.4 Å². The lowest BCUT2D eigenvalue weighted by Gasteiger charge is -2.05. The third kappa shape index (κ3) is 4.57. The maximum atomic E-state index is 13.6. The van der Waals surface area contributed by atoms with E-state index in [0.29, 0.717) is 16.2 Å². The number of rotatable bonds is 6. The molecular weight excluding hydrogens is 393 g/mol. The maximum Gasteiger partial charge on any atom is 0.295 e. The number of nitrogens with zero attached hydrogens (tertiary/aromatic N) is 3. The van der Waals surface area contributed by atoms with E-state index in [9.17, 15) is 19.3 Å². The molecule has 0 bridgehead atoms. The number of nitrogens with one attached hydrogen (secondary N) is 1. The van der Waals surface area contributed by atoms with Crippen molar-refractivity contribution in [3.63, 3.8) is 0 Å². The third-order valence-electron chi connectivity index (χ3n) is 3.40. The highest BCUT2D eigenvalue weighted by Crippen LogP contribution is 2.30. The van der Waals surface area contributed by atoms with Crippen LogP contribution in [0.2, 0.25) is 0 Å². The van der Waals surface area contributed by atoms with Crippen LogP contribution in [0.5, 0.6) is 0 Å². The number of nitrogens with two attached hydrogens (primary N) is 1. The summed E-state index contributed by atoms with van der Waals surface area (Å²) in [4.78, 5) is 22.4. The van der Waals surface area contributed by atoms with Crippen LogP contribution in [0.25, 0.3) is 0 Å². The van der Waals surface area contributed by atoms with Gasteiger partial charge in [0.25, 0.3) is 11.6 Å². The van der Waals surface area contributed by atoms with Gasteiger partial charge in [0.1, 0.15) is 11.5 Å². The summed E-state index contributed by atoms with van der Waals surface area (Å²) in [5.74, 6) is -1.05. The van der Waals surface area contributed by atoms with Crippen molar-refractivity contribution in [1.29, 1.82) is 0 Å². The van der Waals surface area contributed by atoms with Gasteiger partial charge < -0.3 is 5.73 Å². The van der Waals surface area contributed by atoms with Crippen LogP contribution >= 0.6 is 23.1 Å². The van der Waals surface area contributed by atoms with Crippen molar-refractivity contribution in [2.24, 2.45) is 0 Å². The van der Waals surface area contributed by atoms with Gasteiger partial charge in [-0.3, -0.25) is 20.2 Å². The van der Waals surface area contributed by atoms with Gasteiger partial charge in [-0.15, -0.1) is 10.2 Å². The first-order valence-corrected chi connectivity index (χ1v) is 9.29. The lowest BCUT2D eigenvalue weighted by atomic mass is 10.1. The molecule has 0 aliphatic rings. The Bertz CT molecular complexity index is 997. The number of thioether (sulfide) groups is 1. The highest BCUT2D eigenvalue weighted by molar-refractivity contribution is 8.00. The van der Waals surface area contributed by atoms with E-state index >= 15 is 0 Å². The quantitative estimate of drug-likeness (QED) is 0.211. The van der Waals surface area contributed by atoms with Crippen LogP contribution < -0.4 is 11.1 Å². The highest BCUT2D eigenvalue weighted by atomic mass is 32.2. The fourth-order valence-electron chi connectivity index (χ4n) is 2.14. The van der Waals surface area contributed by atoms with Gasteiger partial charge in [0.05, 0.1) is 16.6 Å². The van der Waals surface area contributed by atoms with E-state index in [1.807, 2.05) is 30.3 Å². The molecule has 1 aromatic heterocycles. The Morgan fingerprint density at radius 2 is 2.04 bits per heavy atom. The van der Waals surface area contributed by atoms with Crippen molar-refractivity contribution in [3.8, 4) is 0 Å². The standard InChI is InChI=1S/C16H12FN5O3S2/c17-10-6-11(13(18)12(7-10)22(24)25)14(23)19-15-20-21-16(27-15)26-8-9-4-2-1-3-5-9/h1-7H,8,18H2,(H,19,20,23). The number of nitrogen functional groups attached to an aromatic ring is 1. The zero-order valence-electron chi connectivity index (χ0n) is 13.6. The van der Waals surface area contributed by atoms with Crippen LogP contribution in [0.3, 0.4) is 0 Å². The normalized spacial score (nSPS) is 10.6. The van der Waals surface area contributed by atoms with Crippen LogP contribution in [0.15, 0.2) is 46.8 Å². The molecule has 0 radical (unpaired) electrons. The predicted octanol–water partition coefficient (Wildman–Crippen LogP) is 3.71. The molecule has 0 aliphatic carbocycles. The number of benzene rings is 2. The van der Waals surface area contributed by atoms with Crippen molar-refractivity contribution in [2.45, 2.75) is 10.1 Å². The number of nitro benzene ring substituents is 1. The first-order valence-electron chi connectivity index (χ1n) is 7.49. The fraction of sp³-hybridized carbons (Fsp3) is 0.0625. The van der Waals surface area contributed by atoms with Gasteiger partial charge in [-0.25, -0.2) is 4.39 Å². The van der Waals surface area contributed by atoms with E-state index in [0.717, 1.165) is 23.0 Å². The summed E-state index contributed by atoms with van der Waals surface area (Å²) in [6.07, 6.45) is 0. The number of amides is 1. The molecule has 2 aromatic carbocycles. The van der Waals surface area contributed by atoms with Gasteiger partial charge >= 0.3 is 0 Å². The van der Waals surface area contributed by atoms with Crippen LogP contribution in [0.4, 0.5) is 20.9 Å². The van der Waals surface area contributed by atoms with Crippen LogP contribution in [0, 0.1) is 15.9 Å². The van der Waals surface area contributed by atoms with E-state index in [-0.39, 0.29) is 10.7 Å². The second-order valence-electron chi connectivity index (χ2n) is 5.24. The van der Waals surface area contributed by atoms with Gasteiger partial charge in [-0.05, 0) is 11.6 Å². The second-order valence-corrected chi connectivity index (χ2v) is 7.44. The molecule has 3 aromatic rings. The summed E-state index contributed by atoms with van der Waals surface area (Å²) in [6.45, 7) is 0. The largest absolute Gasteiger partial charge is 0.393 e. The Morgan fingerprint density at radius 3 is 2.74 bits per heavy atom. The van der Waals surface area contributed by atoms with E-state index in [2.05, 4.69) is 15.5 Å². The van der Waals surface area contributed by atoms with Crippen LogP contribution in [0.1, 0.15) is 15.9 Å². The van der Waals surface area contributed by atoms with Crippen molar-refractivity contribution in [3.05, 3.63) is 69.5 Å². The van der Waals surface area contributed by atoms with Crippen molar-refractivity contribution in [2.75, 3.05) is 11.1 Å². The highest BCUT2D eigenvalue weighted by Gasteiger charge is 2.22. The number of aromatic nitrogens is 2. The van der Waals surface area contributed by atoms with E-state index in [1.54, 1.807) is 0 Å². The Hall–Kier alpha value is -3.05. The van der Waals surface area contributed by atoms with E-state index < -0.39 is 28.0 Å². The first-order chi connectivity index (χ1) is 12.9. The average Bonchev–Trinajstić information content (AvgIpc) is 3.09. The molecule has 3 rings (SSSR count). The predicted molar refractivity (Wildman–Crippen MR) is 101 cm³/mol. The Balaban J connectivity index is 1.70. The molecule has 138 valence electrons. The summed E-state index contributed by atoms with van der Waals surface area (Å²) in [7, 11) is 0. The number of halogens is 1. The minimum absolute atomic E-state index is 0.182. The molecule has 0 spiro atoms. The first kappa shape index (κ1) is 18.7. The summed E-state index contributed by atoms with van der Waals surface area (Å²) >= 11 is 2.58. The second kappa shape index (κ2) is 8.10. The number of hydrogen-bond acceptors (Lipinski definition) is 8. The number of hydrogen-bond donors (Lipinski definition) is 2. The fourth-order valence-corrected chi connectivity index (χ4v) is 3.85. The SMILES string of the molecule is Nc1c(C(=O)Nc2nnc(SCc3ccccc3)s2)cc(F)cc1[N+](=O)[O-]. The lowest BCUT2D eigenvalue weighted by Crippen LogP contribution is -2.15. The Kier molecular flexibility index (Phi) is 5.62. The van der Waals surface area contributed by atoms with Crippen molar-refractivity contribution in [1.82, 2.24) is 10.2 Å². The molecule has 8 nitrogen and oxygen atoms in total. The van der Waals surface area contributed by atoms with Gasteiger partial charge in [0.15, 0.2) is 4.34 Å². The van der Waals surface area contributed by atoms with Gasteiger partial charge in [0, 0.05) is 5.75 Å². The van der Waals surface area contributed by atoms with Gasteiger partial charge in [0.2, 0.25) is 5.13 Å². The molecule has 11 heteroatoms. The molecular formula is C16H12FN5O3S2. The van der Waals surface area contributed by atoms with Crippen molar-refractivity contribution < 1.29 is 14.1 Å². The van der Waals surface area contributed by atoms with Crippen LogP contribution in [-0.2, 0) is 5.75 Å². The third-order valence-corrected chi connectivity index (χ3v) is 5.44. The smallest absolute Gasteiger partial charge is 0.295 e. The zero-order chi connectivity index (χ0) is 19.4. The average molecular weight is 405 g/mol. The molecule has 0 atom stereocenters. The topological polar surface area (TPSA) is 124 Å². The molecule has 27 heavy (non-hydrogen) atoms. The summed E-state index contributed by atoms with van der Waals surface area (Å²) in [6, 6.07) is 11.3. The van der Waals surface area contributed by atoms with Crippen molar-refractivity contribution >= 4 is 45.5 Å². The molecule has 0 unspecified atom stereocenters. The molecule has 0 fully saturated rings. The lowest BCUT2D eigenvalue weighted by molar-refractivity contribution is -0.384. The number of carbonyl (C=O) groups is 1. The Labute approximate surface area is 160 Å². The zero-order valence-corrected chi connectivity index (χ0v) is 15.2. The molecule has 0 aliphatic heterocycles. The maximum absolute atomic E-state index is 13.6. The summed E-state index contributed by atoms with van der Waals surface area (Å²) in [5.41, 5.74) is 5.31. The Morgan fingerprint density at radius 1 is 1.30 bits per heavy atom. The minimum atomic E-state index is -0.933.